The van der Waals surface area contributed by atoms with Gasteiger partial charge in [0.15, 0.2) is 0 Å². The Balaban J connectivity index is 1.86. The first-order valence-electron chi connectivity index (χ1n) is 5.44. The summed E-state index contributed by atoms with van der Waals surface area (Å²) in [6.45, 7) is 0. The van der Waals surface area contributed by atoms with Crippen LogP contribution in [0, 0.1) is 0 Å². The zero-order chi connectivity index (χ0) is 9.38. The van der Waals surface area contributed by atoms with E-state index in [0.717, 1.165) is 0 Å². The smallest absolute Gasteiger partial charge is 0.0858 e. The highest BCUT2D eigenvalue weighted by molar-refractivity contribution is 5.45. The van der Waals surface area contributed by atoms with Crippen molar-refractivity contribution < 1.29 is 4.84 Å². The first-order valence-corrected chi connectivity index (χ1v) is 5.44. The molecule has 2 bridgehead atoms. The van der Waals surface area contributed by atoms with E-state index < -0.39 is 0 Å². The number of anilines is 1. The van der Waals surface area contributed by atoms with Crippen LogP contribution in [0.3, 0.4) is 0 Å². The summed E-state index contributed by atoms with van der Waals surface area (Å²) in [5, 5.41) is 2.12. The van der Waals surface area contributed by atoms with Crippen LogP contribution in [0.1, 0.15) is 25.7 Å². The Morgan fingerprint density at radius 3 is 2.29 bits per heavy atom. The lowest BCUT2D eigenvalue weighted by atomic mass is 9.91. The lowest BCUT2D eigenvalue weighted by molar-refractivity contribution is -0.0615. The number of fused-ring (bicyclic) bond motifs is 3. The Kier molecular flexibility index (Phi) is 1.95. The minimum Gasteiger partial charge on any atom is -0.270 e. The van der Waals surface area contributed by atoms with Gasteiger partial charge in [-0.05, 0) is 37.8 Å². The number of nitrogens with zero attached hydrogens (tertiary/aromatic N) is 1. The molecule has 2 heterocycles. The maximum Gasteiger partial charge on any atom is 0.0858 e. The molecule has 14 heavy (non-hydrogen) atoms. The lowest BCUT2D eigenvalue weighted by Crippen LogP contribution is -2.48. The van der Waals surface area contributed by atoms with Crippen LogP contribution in [0.2, 0.25) is 0 Å². The van der Waals surface area contributed by atoms with Gasteiger partial charge in [0, 0.05) is 0 Å². The monoisotopic (exact) mass is 189 g/mol. The summed E-state index contributed by atoms with van der Waals surface area (Å²) in [4.78, 5) is 5.90. The van der Waals surface area contributed by atoms with Crippen molar-refractivity contribution in [3.63, 3.8) is 0 Å². The van der Waals surface area contributed by atoms with Gasteiger partial charge in [-0.3, -0.25) is 9.90 Å². The molecule has 4 rings (SSSR count). The third kappa shape index (κ3) is 1.30. The van der Waals surface area contributed by atoms with Crippen molar-refractivity contribution in [2.45, 2.75) is 37.8 Å². The standard InChI is InChI=1S/C12H15NO/c1-2-4-10(5-3-1)13-11-6-8-12(14-13)9-7-11/h1-5,11-12H,6-9H2. The Morgan fingerprint density at radius 2 is 1.71 bits per heavy atom. The molecule has 3 fully saturated rings. The molecular formula is C12H15NO. The van der Waals surface area contributed by atoms with Crippen molar-refractivity contribution >= 4 is 5.69 Å². The van der Waals surface area contributed by atoms with Crippen molar-refractivity contribution in [1.82, 2.24) is 0 Å². The van der Waals surface area contributed by atoms with Crippen LogP contribution >= 0.6 is 0 Å². The third-order valence-electron chi connectivity index (χ3n) is 3.25. The van der Waals surface area contributed by atoms with E-state index in [1.54, 1.807) is 0 Å². The topological polar surface area (TPSA) is 12.5 Å². The SMILES string of the molecule is c1ccc(N2OC3CCC2CC3)cc1. The molecule has 0 spiro atoms. The molecule has 3 aliphatic rings. The third-order valence-corrected chi connectivity index (χ3v) is 3.25. The van der Waals surface area contributed by atoms with E-state index in [1.807, 2.05) is 6.07 Å². The van der Waals surface area contributed by atoms with Crippen LogP contribution < -0.4 is 5.06 Å². The Bertz CT molecular complexity index is 303. The number of para-hydroxylation sites is 1. The number of rotatable bonds is 1. The predicted octanol–water partition coefficient (Wildman–Crippen LogP) is 2.75. The van der Waals surface area contributed by atoms with Crippen LogP contribution in [-0.4, -0.2) is 12.1 Å². The van der Waals surface area contributed by atoms with Crippen molar-refractivity contribution in [2.75, 3.05) is 5.06 Å². The summed E-state index contributed by atoms with van der Waals surface area (Å²) in [6.07, 6.45) is 5.54. The number of hydrogen-bond acceptors (Lipinski definition) is 2. The molecule has 74 valence electrons. The lowest BCUT2D eigenvalue weighted by Gasteiger charge is -2.45. The van der Waals surface area contributed by atoms with E-state index in [1.165, 1.54) is 31.4 Å². The van der Waals surface area contributed by atoms with E-state index >= 15 is 0 Å². The van der Waals surface area contributed by atoms with Crippen molar-refractivity contribution in [3.05, 3.63) is 30.3 Å². The normalized spacial score (nSPS) is 30.7. The van der Waals surface area contributed by atoms with Crippen LogP contribution in [0.5, 0.6) is 0 Å². The summed E-state index contributed by atoms with van der Waals surface area (Å²) in [5.74, 6) is 0. The van der Waals surface area contributed by atoms with E-state index in [-0.39, 0.29) is 0 Å². The average Bonchev–Trinajstić information content (AvgIpc) is 2.32. The van der Waals surface area contributed by atoms with E-state index in [4.69, 9.17) is 4.84 Å². The highest BCUT2D eigenvalue weighted by Crippen LogP contribution is 2.35. The average molecular weight is 189 g/mol. The van der Waals surface area contributed by atoms with E-state index in [0.29, 0.717) is 12.1 Å². The fourth-order valence-corrected chi connectivity index (χ4v) is 2.48. The number of hydroxylamine groups is 1. The molecule has 1 aromatic carbocycles. The fourth-order valence-electron chi connectivity index (χ4n) is 2.48. The molecule has 0 N–H and O–H groups in total. The number of benzene rings is 1. The molecular weight excluding hydrogens is 174 g/mol. The van der Waals surface area contributed by atoms with Gasteiger partial charge in [0.05, 0.1) is 17.8 Å². The first kappa shape index (κ1) is 8.30. The second-order valence-corrected chi connectivity index (χ2v) is 4.20. The molecule has 2 heteroatoms. The van der Waals surface area contributed by atoms with E-state index in [2.05, 4.69) is 29.3 Å². The largest absolute Gasteiger partial charge is 0.270 e. The Morgan fingerprint density at radius 1 is 1.00 bits per heavy atom. The van der Waals surface area contributed by atoms with Gasteiger partial charge in [0.25, 0.3) is 0 Å². The maximum absolute atomic E-state index is 5.90. The Labute approximate surface area is 84.4 Å². The molecule has 0 unspecified atom stereocenters. The van der Waals surface area contributed by atoms with Crippen LogP contribution in [0.25, 0.3) is 0 Å². The second-order valence-electron chi connectivity index (χ2n) is 4.20. The van der Waals surface area contributed by atoms with Crippen LogP contribution in [0.15, 0.2) is 30.3 Å². The second kappa shape index (κ2) is 3.28. The maximum atomic E-state index is 5.90. The molecule has 0 aromatic heterocycles. The summed E-state index contributed by atoms with van der Waals surface area (Å²) in [5.41, 5.74) is 1.21. The summed E-state index contributed by atoms with van der Waals surface area (Å²) in [6, 6.07) is 11.1. The molecule has 2 nitrogen and oxygen atoms in total. The van der Waals surface area contributed by atoms with Crippen molar-refractivity contribution in [3.8, 4) is 0 Å². The predicted molar refractivity (Wildman–Crippen MR) is 56.1 cm³/mol. The summed E-state index contributed by atoms with van der Waals surface area (Å²) < 4.78 is 0. The van der Waals surface area contributed by atoms with Gasteiger partial charge in [-0.25, -0.2) is 0 Å². The molecule has 2 saturated heterocycles. The molecule has 2 aliphatic heterocycles. The zero-order valence-corrected chi connectivity index (χ0v) is 8.23. The highest BCUT2D eigenvalue weighted by atomic mass is 16.7. The van der Waals surface area contributed by atoms with Gasteiger partial charge in [-0.15, -0.1) is 0 Å². The van der Waals surface area contributed by atoms with E-state index in [9.17, 15) is 0 Å². The van der Waals surface area contributed by atoms with Gasteiger partial charge in [0.2, 0.25) is 0 Å². The van der Waals surface area contributed by atoms with Crippen molar-refractivity contribution in [2.24, 2.45) is 0 Å². The summed E-state index contributed by atoms with van der Waals surface area (Å²) >= 11 is 0. The van der Waals surface area contributed by atoms with Gasteiger partial charge < -0.3 is 0 Å². The molecule has 0 atom stereocenters. The minimum absolute atomic E-state index is 0.472. The molecule has 0 radical (unpaired) electrons. The van der Waals surface area contributed by atoms with Crippen molar-refractivity contribution in [1.29, 1.82) is 0 Å². The van der Waals surface area contributed by atoms with Crippen LogP contribution in [-0.2, 0) is 4.84 Å². The minimum atomic E-state index is 0.472. The quantitative estimate of drug-likeness (QED) is 0.673. The van der Waals surface area contributed by atoms with Gasteiger partial charge in [-0.1, -0.05) is 18.2 Å². The zero-order valence-electron chi connectivity index (χ0n) is 8.23. The first-order chi connectivity index (χ1) is 6.93. The highest BCUT2D eigenvalue weighted by Gasteiger charge is 2.34. The number of hydrogen-bond donors (Lipinski definition) is 0. The Hall–Kier alpha value is -1.02. The van der Waals surface area contributed by atoms with Crippen LogP contribution in [0.4, 0.5) is 5.69 Å². The molecule has 1 aromatic rings. The fraction of sp³-hybridized carbons (Fsp3) is 0.500. The summed E-state index contributed by atoms with van der Waals surface area (Å²) in [7, 11) is 0. The molecule has 1 saturated carbocycles. The van der Waals surface area contributed by atoms with Gasteiger partial charge >= 0.3 is 0 Å². The van der Waals surface area contributed by atoms with Gasteiger partial charge in [-0.2, -0.15) is 0 Å². The molecule has 0 amide bonds. The molecule has 1 aliphatic carbocycles. The van der Waals surface area contributed by atoms with Gasteiger partial charge in [0.1, 0.15) is 0 Å².